The van der Waals surface area contributed by atoms with Crippen molar-refractivity contribution in [2.24, 2.45) is 11.3 Å². The second kappa shape index (κ2) is 7.08. The van der Waals surface area contributed by atoms with Crippen molar-refractivity contribution >= 4 is 16.9 Å². The zero-order valence-electron chi connectivity index (χ0n) is 14.3. The predicted molar refractivity (Wildman–Crippen MR) is 90.2 cm³/mol. The summed E-state index contributed by atoms with van der Waals surface area (Å²) < 4.78 is 1.87. The number of rotatable bonds is 7. The lowest BCUT2D eigenvalue weighted by molar-refractivity contribution is 0.0928. The van der Waals surface area contributed by atoms with Gasteiger partial charge in [-0.2, -0.15) is 5.10 Å². The topological polar surface area (TPSA) is 80.0 Å². The maximum atomic E-state index is 12.3. The van der Waals surface area contributed by atoms with E-state index in [1.165, 1.54) is 0 Å². The van der Waals surface area contributed by atoms with Crippen LogP contribution in [0, 0.1) is 11.3 Å². The van der Waals surface area contributed by atoms with Gasteiger partial charge in [-0.15, -0.1) is 0 Å². The first kappa shape index (κ1) is 17.4. The molecular weight excluding hydrogens is 292 g/mol. The van der Waals surface area contributed by atoms with Gasteiger partial charge in [-0.25, -0.2) is 9.67 Å². The second-order valence-electron chi connectivity index (χ2n) is 7.18. The molecule has 1 amide bonds. The van der Waals surface area contributed by atoms with E-state index >= 15 is 0 Å². The lowest BCUT2D eigenvalue weighted by Gasteiger charge is -2.23. The van der Waals surface area contributed by atoms with Crippen LogP contribution < -0.4 is 5.32 Å². The van der Waals surface area contributed by atoms with Gasteiger partial charge in [-0.1, -0.05) is 27.7 Å². The number of aliphatic hydroxyl groups excluding tert-OH is 1. The molecule has 0 saturated carbocycles. The van der Waals surface area contributed by atoms with Crippen LogP contribution in [0.15, 0.2) is 18.5 Å². The van der Waals surface area contributed by atoms with E-state index in [2.05, 4.69) is 29.2 Å². The van der Waals surface area contributed by atoms with Gasteiger partial charge < -0.3 is 10.4 Å². The van der Waals surface area contributed by atoms with Crippen LogP contribution in [0.4, 0.5) is 0 Å². The average molecular weight is 318 g/mol. The molecule has 0 aliphatic carbocycles. The molecule has 126 valence electrons. The van der Waals surface area contributed by atoms with Gasteiger partial charge in [0.25, 0.3) is 5.91 Å². The number of nitrogens with zero attached hydrogens (tertiary/aromatic N) is 3. The molecule has 0 aliphatic rings. The van der Waals surface area contributed by atoms with Crippen LogP contribution in [0.1, 0.15) is 44.5 Å². The van der Waals surface area contributed by atoms with Gasteiger partial charge >= 0.3 is 0 Å². The summed E-state index contributed by atoms with van der Waals surface area (Å²) in [4.78, 5) is 16.7. The molecule has 2 rings (SSSR count). The number of aliphatic hydroxyl groups is 1. The number of hydrogen-bond donors (Lipinski definition) is 2. The Hall–Kier alpha value is -1.95. The highest BCUT2D eigenvalue weighted by Crippen LogP contribution is 2.19. The van der Waals surface area contributed by atoms with E-state index in [-0.39, 0.29) is 17.9 Å². The second-order valence-corrected chi connectivity index (χ2v) is 7.18. The Balaban J connectivity index is 2.10. The number of pyridine rings is 1. The van der Waals surface area contributed by atoms with E-state index in [1.54, 1.807) is 12.4 Å². The van der Waals surface area contributed by atoms with Crippen LogP contribution in [0.25, 0.3) is 11.0 Å². The van der Waals surface area contributed by atoms with E-state index in [0.29, 0.717) is 24.4 Å². The fourth-order valence-corrected chi connectivity index (χ4v) is 2.39. The van der Waals surface area contributed by atoms with Gasteiger partial charge in [0.15, 0.2) is 5.65 Å². The van der Waals surface area contributed by atoms with Crippen LogP contribution in [0.3, 0.4) is 0 Å². The minimum Gasteiger partial charge on any atom is -0.396 e. The number of nitrogens with one attached hydrogen (secondary N) is 1. The zero-order valence-corrected chi connectivity index (χ0v) is 14.3. The molecule has 23 heavy (non-hydrogen) atoms. The molecule has 0 fully saturated rings. The quantitative estimate of drug-likeness (QED) is 0.820. The zero-order chi connectivity index (χ0) is 17.0. The van der Waals surface area contributed by atoms with Gasteiger partial charge in [0.2, 0.25) is 0 Å². The normalized spacial score (nSPS) is 12.1. The first-order valence-electron chi connectivity index (χ1n) is 8.03. The first-order valence-corrected chi connectivity index (χ1v) is 8.03. The molecule has 0 aliphatic heterocycles. The number of fused-ring (bicyclic) bond motifs is 1. The maximum Gasteiger partial charge on any atom is 0.252 e. The summed E-state index contributed by atoms with van der Waals surface area (Å²) in [5.41, 5.74) is 1.20. The molecule has 2 heterocycles. The van der Waals surface area contributed by atoms with E-state index < -0.39 is 0 Å². The summed E-state index contributed by atoms with van der Waals surface area (Å²) in [6, 6.07) is 1.82. The van der Waals surface area contributed by atoms with Crippen molar-refractivity contribution in [3.05, 3.63) is 24.0 Å². The number of carbonyl (C=O) groups excluding carboxylic acids is 1. The highest BCUT2D eigenvalue weighted by atomic mass is 16.3. The van der Waals surface area contributed by atoms with Crippen LogP contribution in [0.2, 0.25) is 0 Å². The Morgan fingerprint density at radius 1 is 1.39 bits per heavy atom. The van der Waals surface area contributed by atoms with Crippen molar-refractivity contribution < 1.29 is 9.90 Å². The maximum absolute atomic E-state index is 12.3. The lowest BCUT2D eigenvalue weighted by Crippen LogP contribution is -2.34. The van der Waals surface area contributed by atoms with Crippen molar-refractivity contribution in [1.29, 1.82) is 0 Å². The SMILES string of the molecule is CC(C)Cn1ncc2cc(C(=O)NCC(C)(C)CCO)cnc21. The van der Waals surface area contributed by atoms with Crippen LogP contribution in [0.5, 0.6) is 0 Å². The third-order valence-corrected chi connectivity index (χ3v) is 3.79. The minimum atomic E-state index is -0.151. The molecule has 0 aromatic carbocycles. The molecule has 0 radical (unpaired) electrons. The standard InChI is InChI=1S/C17H26N4O2/c1-12(2)10-21-15-13(9-20-21)7-14(8-18-15)16(23)19-11-17(3,4)5-6-22/h7-9,12,22H,5-6,10-11H2,1-4H3,(H,19,23). The molecular formula is C17H26N4O2. The summed E-state index contributed by atoms with van der Waals surface area (Å²) >= 11 is 0. The molecule has 0 spiro atoms. The van der Waals surface area contributed by atoms with E-state index in [4.69, 9.17) is 5.11 Å². The van der Waals surface area contributed by atoms with Gasteiger partial charge in [-0.3, -0.25) is 4.79 Å². The van der Waals surface area contributed by atoms with Crippen molar-refractivity contribution in [2.45, 2.75) is 40.7 Å². The Kier molecular flexibility index (Phi) is 5.36. The summed E-state index contributed by atoms with van der Waals surface area (Å²) in [6.45, 7) is 9.72. The van der Waals surface area contributed by atoms with Crippen LogP contribution in [-0.4, -0.2) is 38.9 Å². The van der Waals surface area contributed by atoms with Crippen molar-refractivity contribution in [1.82, 2.24) is 20.1 Å². The Labute approximate surface area is 136 Å². The van der Waals surface area contributed by atoms with Gasteiger partial charge in [0.05, 0.1) is 11.8 Å². The third kappa shape index (κ3) is 4.51. The summed E-state index contributed by atoms with van der Waals surface area (Å²) in [6.07, 6.45) is 3.99. The molecule has 6 heteroatoms. The molecule has 2 aromatic heterocycles. The van der Waals surface area contributed by atoms with Gasteiger partial charge in [0.1, 0.15) is 0 Å². The Bertz CT molecular complexity index is 676. The Morgan fingerprint density at radius 3 is 2.78 bits per heavy atom. The van der Waals surface area contributed by atoms with Crippen molar-refractivity contribution in [2.75, 3.05) is 13.2 Å². The van der Waals surface area contributed by atoms with Crippen molar-refractivity contribution in [3.63, 3.8) is 0 Å². The lowest BCUT2D eigenvalue weighted by atomic mass is 9.89. The average Bonchev–Trinajstić information content (AvgIpc) is 2.86. The number of hydrogen-bond acceptors (Lipinski definition) is 4. The first-order chi connectivity index (χ1) is 10.8. The van der Waals surface area contributed by atoms with Crippen LogP contribution in [-0.2, 0) is 6.54 Å². The fourth-order valence-electron chi connectivity index (χ4n) is 2.39. The Morgan fingerprint density at radius 2 is 2.13 bits per heavy atom. The van der Waals surface area contributed by atoms with Crippen LogP contribution >= 0.6 is 0 Å². The molecule has 0 unspecified atom stereocenters. The summed E-state index contributed by atoms with van der Waals surface area (Å²) in [5, 5.41) is 17.2. The minimum absolute atomic E-state index is 0.116. The van der Waals surface area contributed by atoms with Gasteiger partial charge in [0, 0.05) is 31.3 Å². The summed E-state index contributed by atoms with van der Waals surface area (Å²) in [5.74, 6) is 0.332. The molecule has 0 atom stereocenters. The van der Waals surface area contributed by atoms with E-state index in [9.17, 15) is 4.79 Å². The number of amides is 1. The molecule has 6 nitrogen and oxygen atoms in total. The molecule has 0 bridgehead atoms. The highest BCUT2D eigenvalue weighted by molar-refractivity contribution is 5.96. The van der Waals surface area contributed by atoms with E-state index in [1.807, 2.05) is 24.6 Å². The predicted octanol–water partition coefficient (Wildman–Crippen LogP) is 2.23. The smallest absolute Gasteiger partial charge is 0.252 e. The summed E-state index contributed by atoms with van der Waals surface area (Å²) in [7, 11) is 0. The van der Waals surface area contributed by atoms with Crippen molar-refractivity contribution in [3.8, 4) is 0 Å². The number of carbonyl (C=O) groups is 1. The molecule has 2 aromatic rings. The van der Waals surface area contributed by atoms with Gasteiger partial charge in [-0.05, 0) is 23.8 Å². The molecule has 2 N–H and O–H groups in total. The largest absolute Gasteiger partial charge is 0.396 e. The molecule has 0 saturated heterocycles. The van der Waals surface area contributed by atoms with E-state index in [0.717, 1.165) is 17.6 Å². The highest BCUT2D eigenvalue weighted by Gasteiger charge is 2.19. The third-order valence-electron chi connectivity index (χ3n) is 3.79. The fraction of sp³-hybridized carbons (Fsp3) is 0.588. The number of aromatic nitrogens is 3. The monoisotopic (exact) mass is 318 g/mol.